The number of H-pyrrole nitrogens is 1. The van der Waals surface area contributed by atoms with Crippen LogP contribution in [0.25, 0.3) is 11.0 Å². The van der Waals surface area contributed by atoms with E-state index in [2.05, 4.69) is 15.4 Å². The van der Waals surface area contributed by atoms with Gasteiger partial charge in [-0.3, -0.25) is 19.4 Å². The number of nitrogens with one attached hydrogen (secondary N) is 2. The number of piperidine rings is 1. The Kier molecular flexibility index (Phi) is 8.36. The van der Waals surface area contributed by atoms with E-state index in [0.717, 1.165) is 55.2 Å². The minimum absolute atomic E-state index is 0. The number of carbonyl (C=O) groups is 1. The number of fused-ring (bicyclic) bond motifs is 1. The van der Waals surface area contributed by atoms with Gasteiger partial charge in [-0.15, -0.1) is 24.8 Å². The molecule has 0 atom stereocenters. The molecule has 1 aliphatic carbocycles. The molecule has 1 saturated carbocycles. The molecule has 4 rings (SSSR count). The molecule has 0 unspecified atom stereocenters. The van der Waals surface area contributed by atoms with Crippen molar-refractivity contribution in [2.75, 3.05) is 19.6 Å². The molecular weight excluding hydrogens is 425 g/mol. The smallest absolute Gasteiger partial charge is 0.273 e. The summed E-state index contributed by atoms with van der Waals surface area (Å²) in [7, 11) is 1.79. The lowest BCUT2D eigenvalue weighted by atomic mass is 9.99. The molecule has 0 radical (unpaired) electrons. The molecule has 2 aliphatic rings. The monoisotopic (exact) mass is 457 g/mol. The van der Waals surface area contributed by atoms with Crippen molar-refractivity contribution in [1.29, 1.82) is 0 Å². The number of halogens is 2. The molecule has 0 aromatic carbocycles. The second-order valence-corrected chi connectivity index (χ2v) is 8.51. The predicted octanol–water partition coefficient (Wildman–Crippen LogP) is 2.65. The number of nitrogens with zero attached hydrogens (tertiary/aromatic N) is 3. The summed E-state index contributed by atoms with van der Waals surface area (Å²) >= 11 is 0. The summed E-state index contributed by atoms with van der Waals surface area (Å²) in [6.07, 6.45) is 5.94. The number of hydrogen-bond acceptors (Lipinski definition) is 4. The Morgan fingerprint density at radius 1 is 1.17 bits per heavy atom. The largest absolute Gasteiger partial charge is 0.343 e. The molecule has 0 spiro atoms. The summed E-state index contributed by atoms with van der Waals surface area (Å²) in [6.45, 7) is 6.75. The lowest BCUT2D eigenvalue weighted by Crippen LogP contribution is -2.45. The van der Waals surface area contributed by atoms with Gasteiger partial charge in [0.05, 0.1) is 5.39 Å². The Morgan fingerprint density at radius 2 is 1.83 bits per heavy atom. The van der Waals surface area contributed by atoms with Crippen LogP contribution in [0.5, 0.6) is 0 Å². The highest BCUT2D eigenvalue weighted by molar-refractivity contribution is 5.85. The highest BCUT2D eigenvalue weighted by atomic mass is 35.5. The second kappa shape index (κ2) is 10.2. The molecule has 2 fully saturated rings. The number of rotatable bonds is 6. The Balaban J connectivity index is 0.00000160. The maximum Gasteiger partial charge on any atom is 0.273 e. The third-order valence-corrected chi connectivity index (χ3v) is 6.40. The van der Waals surface area contributed by atoms with Gasteiger partial charge in [-0.25, -0.2) is 4.98 Å². The Labute approximate surface area is 189 Å². The molecule has 1 saturated heterocycles. The topological polar surface area (TPSA) is 83.0 Å². The molecule has 3 heterocycles. The van der Waals surface area contributed by atoms with E-state index in [1.54, 1.807) is 11.7 Å². The fraction of sp³-hybridized carbons (Fsp3) is 0.667. The number of hydrogen-bond donors (Lipinski definition) is 2. The summed E-state index contributed by atoms with van der Waals surface area (Å²) in [5.41, 5.74) is 3.43. The first-order valence-corrected chi connectivity index (χ1v) is 10.5. The van der Waals surface area contributed by atoms with Crippen molar-refractivity contribution < 1.29 is 4.79 Å². The molecular formula is C21H33Cl2N5O2. The van der Waals surface area contributed by atoms with E-state index in [1.807, 2.05) is 18.7 Å². The highest BCUT2D eigenvalue weighted by Gasteiger charge is 2.26. The van der Waals surface area contributed by atoms with Gasteiger partial charge in [0.2, 0.25) is 5.91 Å². The lowest BCUT2D eigenvalue weighted by Gasteiger charge is -2.32. The molecule has 0 bridgehead atoms. The predicted molar refractivity (Wildman–Crippen MR) is 124 cm³/mol. The molecule has 7 nitrogen and oxygen atoms in total. The number of aromatic amines is 1. The summed E-state index contributed by atoms with van der Waals surface area (Å²) in [5.74, 6) is 1.11. The fourth-order valence-electron chi connectivity index (χ4n) is 4.39. The molecule has 2 N–H and O–H groups in total. The number of carbonyl (C=O) groups excluding carboxylic acids is 1. The Morgan fingerprint density at radius 3 is 2.47 bits per heavy atom. The van der Waals surface area contributed by atoms with E-state index in [0.29, 0.717) is 29.9 Å². The van der Waals surface area contributed by atoms with E-state index >= 15 is 0 Å². The van der Waals surface area contributed by atoms with Crippen molar-refractivity contribution >= 4 is 41.8 Å². The van der Waals surface area contributed by atoms with Gasteiger partial charge >= 0.3 is 0 Å². The summed E-state index contributed by atoms with van der Waals surface area (Å²) in [5, 5.41) is 7.07. The third kappa shape index (κ3) is 5.18. The van der Waals surface area contributed by atoms with Crippen LogP contribution in [0.15, 0.2) is 4.79 Å². The normalized spacial score (nSPS) is 17.0. The minimum atomic E-state index is -0.115. The average Bonchev–Trinajstić information content (AvgIpc) is 3.45. The third-order valence-electron chi connectivity index (χ3n) is 6.40. The molecule has 30 heavy (non-hydrogen) atoms. The van der Waals surface area contributed by atoms with Gasteiger partial charge < -0.3 is 10.2 Å². The van der Waals surface area contributed by atoms with Crippen molar-refractivity contribution in [1.82, 2.24) is 25.0 Å². The van der Waals surface area contributed by atoms with E-state index in [4.69, 9.17) is 0 Å². The number of pyridine rings is 1. The zero-order valence-corrected chi connectivity index (χ0v) is 19.6. The maximum atomic E-state index is 12.7. The minimum Gasteiger partial charge on any atom is -0.343 e. The first-order chi connectivity index (χ1) is 13.4. The van der Waals surface area contributed by atoms with Gasteiger partial charge in [0.15, 0.2) is 5.65 Å². The van der Waals surface area contributed by atoms with Crippen LogP contribution in [0, 0.1) is 19.8 Å². The first kappa shape index (κ1) is 24.7. The van der Waals surface area contributed by atoms with E-state index in [9.17, 15) is 9.59 Å². The van der Waals surface area contributed by atoms with Crippen LogP contribution in [0.4, 0.5) is 0 Å². The summed E-state index contributed by atoms with van der Waals surface area (Å²) in [6, 6.07) is 0.561. The van der Waals surface area contributed by atoms with Gasteiger partial charge in [-0.1, -0.05) is 0 Å². The van der Waals surface area contributed by atoms with Crippen LogP contribution in [-0.4, -0.2) is 51.2 Å². The molecule has 9 heteroatoms. The molecule has 168 valence electrons. The second-order valence-electron chi connectivity index (χ2n) is 8.51. The zero-order valence-electron chi connectivity index (χ0n) is 18.0. The first-order valence-electron chi connectivity index (χ1n) is 10.5. The highest BCUT2D eigenvalue weighted by Crippen LogP contribution is 2.28. The van der Waals surface area contributed by atoms with Gasteiger partial charge in [0.25, 0.3) is 5.56 Å². The van der Waals surface area contributed by atoms with Gasteiger partial charge in [0.1, 0.15) is 0 Å². The van der Waals surface area contributed by atoms with E-state index in [-0.39, 0.29) is 36.3 Å². The SMILES string of the molecule is Cc1nc2c(c(C)c1CCC(=O)N1CCC(NCC3CC3)CC1)c(=O)[nH]n2C.Cl.Cl. The van der Waals surface area contributed by atoms with Crippen LogP contribution in [0.1, 0.15) is 48.9 Å². The zero-order chi connectivity index (χ0) is 19.8. The molecule has 2 aromatic heterocycles. The van der Waals surface area contributed by atoms with Crippen molar-refractivity contribution in [2.24, 2.45) is 13.0 Å². The van der Waals surface area contributed by atoms with Crippen molar-refractivity contribution in [3.05, 3.63) is 27.2 Å². The molecule has 1 amide bonds. The lowest BCUT2D eigenvalue weighted by molar-refractivity contribution is -0.132. The molecule has 1 aliphatic heterocycles. The Bertz CT molecular complexity index is 943. The van der Waals surface area contributed by atoms with Crippen LogP contribution in [-0.2, 0) is 18.3 Å². The van der Waals surface area contributed by atoms with Crippen LogP contribution >= 0.6 is 24.8 Å². The standard InChI is InChI=1S/C21H31N5O2.2ClH/c1-13-17(14(2)23-20-19(13)21(28)24-25(20)3)6-7-18(27)26-10-8-16(9-11-26)22-12-15-4-5-15;;/h15-16,22H,4-12H2,1-3H3,(H,24,28);2*1H. The number of aromatic nitrogens is 3. The number of amides is 1. The quantitative estimate of drug-likeness (QED) is 0.698. The number of likely N-dealkylation sites (tertiary alicyclic amines) is 1. The van der Waals surface area contributed by atoms with Crippen LogP contribution < -0.4 is 10.9 Å². The van der Waals surface area contributed by atoms with Gasteiger partial charge in [0, 0.05) is 38.3 Å². The van der Waals surface area contributed by atoms with E-state index in [1.165, 1.54) is 12.8 Å². The van der Waals surface area contributed by atoms with Crippen molar-refractivity contribution in [2.45, 2.75) is 58.4 Å². The van der Waals surface area contributed by atoms with Gasteiger partial charge in [-0.2, -0.15) is 0 Å². The maximum absolute atomic E-state index is 12.7. The van der Waals surface area contributed by atoms with Crippen molar-refractivity contribution in [3.63, 3.8) is 0 Å². The average molecular weight is 458 g/mol. The number of aryl methyl sites for hydroxylation is 3. The van der Waals surface area contributed by atoms with Gasteiger partial charge in [-0.05, 0) is 69.5 Å². The summed E-state index contributed by atoms with van der Waals surface area (Å²) < 4.78 is 1.66. The van der Waals surface area contributed by atoms with Crippen LogP contribution in [0.2, 0.25) is 0 Å². The molecule has 2 aromatic rings. The fourth-order valence-corrected chi connectivity index (χ4v) is 4.39. The van der Waals surface area contributed by atoms with Crippen LogP contribution in [0.3, 0.4) is 0 Å². The van der Waals surface area contributed by atoms with Crippen molar-refractivity contribution in [3.8, 4) is 0 Å². The Hall–Kier alpha value is -1.57. The van der Waals surface area contributed by atoms with E-state index < -0.39 is 0 Å². The summed E-state index contributed by atoms with van der Waals surface area (Å²) in [4.78, 5) is 31.5.